The Morgan fingerprint density at radius 1 is 0.682 bits per heavy atom. The molecule has 2 heterocycles. The van der Waals surface area contributed by atoms with Crippen LogP contribution in [0.4, 0.5) is 0 Å². The molecule has 0 aromatic heterocycles. The number of hydrogen-bond donors (Lipinski definition) is 0. The van der Waals surface area contributed by atoms with Crippen molar-refractivity contribution in [2.45, 2.75) is 12.2 Å². The van der Waals surface area contributed by atoms with E-state index in [9.17, 15) is 0 Å². The summed E-state index contributed by atoms with van der Waals surface area (Å²) in [4.78, 5) is 0. The zero-order valence-corrected chi connectivity index (χ0v) is 12.2. The van der Waals surface area contributed by atoms with Gasteiger partial charge in [-0.25, -0.2) is 0 Å². The fourth-order valence-electron chi connectivity index (χ4n) is 2.19. The quantitative estimate of drug-likeness (QED) is 0.737. The molecule has 2 aromatic carbocycles. The molecule has 4 nitrogen and oxygen atoms in total. The Balaban J connectivity index is 1.37. The van der Waals surface area contributed by atoms with E-state index in [-0.39, 0.29) is 12.2 Å². The molecule has 2 aliphatic rings. The van der Waals surface area contributed by atoms with Crippen LogP contribution in [-0.2, 0) is 9.47 Å². The first kappa shape index (κ1) is 13.6. The molecular weight excluding hydrogens is 280 g/mol. The molecule has 2 fully saturated rings. The van der Waals surface area contributed by atoms with Gasteiger partial charge in [0.05, 0.1) is 13.2 Å². The van der Waals surface area contributed by atoms with E-state index in [2.05, 4.69) is 24.3 Å². The maximum Gasteiger partial charge on any atom is 0.119 e. The molecule has 2 aliphatic heterocycles. The fraction of sp³-hybridized carbons (Fsp3) is 0.333. The molecule has 114 valence electrons. The summed E-state index contributed by atoms with van der Waals surface area (Å²) in [6.07, 6.45) is 0.571. The van der Waals surface area contributed by atoms with Gasteiger partial charge in [-0.3, -0.25) is 0 Å². The van der Waals surface area contributed by atoms with Gasteiger partial charge in [0, 0.05) is 0 Å². The summed E-state index contributed by atoms with van der Waals surface area (Å²) >= 11 is 0. The minimum absolute atomic E-state index is 0.285. The smallest absolute Gasteiger partial charge is 0.119 e. The second-order valence-electron chi connectivity index (χ2n) is 5.58. The van der Waals surface area contributed by atoms with Crippen molar-refractivity contribution in [1.29, 1.82) is 0 Å². The number of rotatable bonds is 7. The monoisotopic (exact) mass is 298 g/mol. The fourth-order valence-corrected chi connectivity index (χ4v) is 2.19. The summed E-state index contributed by atoms with van der Waals surface area (Å²) in [5.41, 5.74) is 2.32. The number of ether oxygens (including phenoxy) is 4. The van der Waals surface area contributed by atoms with Gasteiger partial charge in [-0.1, -0.05) is 24.3 Å². The highest BCUT2D eigenvalue weighted by Crippen LogP contribution is 2.25. The third kappa shape index (κ3) is 3.59. The first-order valence-corrected chi connectivity index (χ1v) is 7.56. The Morgan fingerprint density at radius 3 is 1.36 bits per heavy atom. The number of benzene rings is 2. The van der Waals surface area contributed by atoms with Gasteiger partial charge in [0.2, 0.25) is 0 Å². The van der Waals surface area contributed by atoms with Gasteiger partial charge in [-0.05, 0) is 35.4 Å². The summed E-state index contributed by atoms with van der Waals surface area (Å²) in [6, 6.07) is 16.2. The molecule has 4 rings (SSSR count). The second-order valence-corrected chi connectivity index (χ2v) is 5.58. The summed E-state index contributed by atoms with van der Waals surface area (Å²) < 4.78 is 21.5. The topological polar surface area (TPSA) is 43.5 Å². The highest BCUT2D eigenvalue weighted by Gasteiger charge is 2.23. The van der Waals surface area contributed by atoms with Crippen LogP contribution in [0.5, 0.6) is 11.5 Å². The molecule has 0 saturated carbocycles. The van der Waals surface area contributed by atoms with E-state index in [0.29, 0.717) is 13.2 Å². The van der Waals surface area contributed by atoms with Crippen LogP contribution < -0.4 is 9.47 Å². The van der Waals surface area contributed by atoms with Crippen LogP contribution >= 0.6 is 0 Å². The molecule has 2 saturated heterocycles. The highest BCUT2D eigenvalue weighted by atomic mass is 16.6. The lowest BCUT2D eigenvalue weighted by atomic mass is 10.1. The van der Waals surface area contributed by atoms with Crippen LogP contribution in [0.15, 0.2) is 48.5 Å². The van der Waals surface area contributed by atoms with Gasteiger partial charge in [-0.2, -0.15) is 0 Å². The third-order valence-electron chi connectivity index (χ3n) is 3.72. The maximum absolute atomic E-state index is 5.64. The number of epoxide rings is 2. The zero-order valence-electron chi connectivity index (χ0n) is 12.2. The van der Waals surface area contributed by atoms with Crippen molar-refractivity contribution < 1.29 is 18.9 Å². The average Bonchev–Trinajstić information content (AvgIpc) is 3.47. The van der Waals surface area contributed by atoms with E-state index in [1.54, 1.807) is 0 Å². The van der Waals surface area contributed by atoms with Crippen LogP contribution in [-0.4, -0.2) is 38.6 Å². The van der Waals surface area contributed by atoms with Crippen molar-refractivity contribution in [3.8, 4) is 22.6 Å². The molecule has 0 bridgehead atoms. The summed E-state index contributed by atoms with van der Waals surface area (Å²) in [6.45, 7) is 2.91. The lowest BCUT2D eigenvalue weighted by Gasteiger charge is -2.08. The minimum atomic E-state index is 0.285. The molecule has 0 N–H and O–H groups in total. The Morgan fingerprint density at radius 2 is 1.05 bits per heavy atom. The van der Waals surface area contributed by atoms with Crippen LogP contribution in [0, 0.1) is 0 Å². The van der Waals surface area contributed by atoms with Gasteiger partial charge in [0.1, 0.15) is 36.9 Å². The van der Waals surface area contributed by atoms with Crippen molar-refractivity contribution >= 4 is 0 Å². The standard InChI is InChI=1S/C18H18O4/c1-5-15(19-9-17-11-21-17)6-2-13(1)14-3-7-16(8-4-14)20-10-18-12-22-18/h1-8,17-18H,9-12H2/t17-,18?/m0/s1. The van der Waals surface area contributed by atoms with E-state index in [4.69, 9.17) is 18.9 Å². The van der Waals surface area contributed by atoms with E-state index in [1.165, 1.54) is 0 Å². The van der Waals surface area contributed by atoms with E-state index < -0.39 is 0 Å². The van der Waals surface area contributed by atoms with Crippen LogP contribution in [0.3, 0.4) is 0 Å². The Kier molecular flexibility index (Phi) is 3.70. The van der Waals surface area contributed by atoms with E-state index >= 15 is 0 Å². The second kappa shape index (κ2) is 5.99. The zero-order chi connectivity index (χ0) is 14.8. The van der Waals surface area contributed by atoms with E-state index in [1.807, 2.05) is 24.3 Å². The Hall–Kier alpha value is -2.04. The minimum Gasteiger partial charge on any atom is -0.491 e. The van der Waals surface area contributed by atoms with Crippen molar-refractivity contribution in [2.75, 3.05) is 26.4 Å². The molecule has 0 radical (unpaired) electrons. The van der Waals surface area contributed by atoms with Crippen molar-refractivity contribution in [2.24, 2.45) is 0 Å². The van der Waals surface area contributed by atoms with Crippen molar-refractivity contribution in [1.82, 2.24) is 0 Å². The molecule has 2 atom stereocenters. The molecule has 4 heteroatoms. The third-order valence-corrected chi connectivity index (χ3v) is 3.72. The van der Waals surface area contributed by atoms with E-state index in [0.717, 1.165) is 35.8 Å². The predicted molar refractivity (Wildman–Crippen MR) is 82.3 cm³/mol. The molecule has 2 aromatic rings. The normalized spacial score (nSPS) is 22.2. The molecule has 0 aliphatic carbocycles. The lowest BCUT2D eigenvalue weighted by molar-refractivity contribution is 0.263. The lowest BCUT2D eigenvalue weighted by Crippen LogP contribution is -2.03. The van der Waals surface area contributed by atoms with Gasteiger partial charge < -0.3 is 18.9 Å². The first-order valence-electron chi connectivity index (χ1n) is 7.56. The predicted octanol–water partition coefficient (Wildman–Crippen LogP) is 2.91. The summed E-state index contributed by atoms with van der Waals surface area (Å²) in [5.74, 6) is 1.76. The molecule has 1 unspecified atom stereocenters. The average molecular weight is 298 g/mol. The molecule has 22 heavy (non-hydrogen) atoms. The molecule has 0 spiro atoms. The molecular formula is C18H18O4. The summed E-state index contributed by atoms with van der Waals surface area (Å²) in [5, 5.41) is 0. The van der Waals surface area contributed by atoms with Gasteiger partial charge in [0.25, 0.3) is 0 Å². The maximum atomic E-state index is 5.64. The van der Waals surface area contributed by atoms with Gasteiger partial charge in [0.15, 0.2) is 0 Å². The van der Waals surface area contributed by atoms with Crippen molar-refractivity contribution in [3.05, 3.63) is 48.5 Å². The molecule has 0 amide bonds. The SMILES string of the molecule is c1cc(-c2ccc(OC[C@H]3CO3)cc2)ccc1OCC1CO1. The highest BCUT2D eigenvalue weighted by molar-refractivity contribution is 5.64. The Bertz CT molecular complexity index is 555. The largest absolute Gasteiger partial charge is 0.491 e. The van der Waals surface area contributed by atoms with Crippen molar-refractivity contribution in [3.63, 3.8) is 0 Å². The van der Waals surface area contributed by atoms with Crippen LogP contribution in [0.1, 0.15) is 0 Å². The van der Waals surface area contributed by atoms with Crippen LogP contribution in [0.25, 0.3) is 11.1 Å². The Labute approximate surface area is 129 Å². The van der Waals surface area contributed by atoms with Gasteiger partial charge in [-0.15, -0.1) is 0 Å². The number of hydrogen-bond acceptors (Lipinski definition) is 4. The first-order chi connectivity index (χ1) is 10.9. The summed E-state index contributed by atoms with van der Waals surface area (Å²) in [7, 11) is 0. The van der Waals surface area contributed by atoms with Crippen LogP contribution in [0.2, 0.25) is 0 Å². The van der Waals surface area contributed by atoms with Gasteiger partial charge >= 0.3 is 0 Å².